The van der Waals surface area contributed by atoms with Crippen LogP contribution in [0.1, 0.15) is 134 Å². The monoisotopic (exact) mass is 1820 g/mol. The summed E-state index contributed by atoms with van der Waals surface area (Å²) in [6.45, 7) is 12.0. The van der Waals surface area contributed by atoms with Gasteiger partial charge in [0.2, 0.25) is 41.9 Å². The summed E-state index contributed by atoms with van der Waals surface area (Å²) in [6.07, 6.45) is 1.59. The zero-order valence-electron chi connectivity index (χ0n) is 72.5. The van der Waals surface area contributed by atoms with Gasteiger partial charge in [0.05, 0.1) is 132 Å². The van der Waals surface area contributed by atoms with E-state index >= 15 is 0 Å². The number of carboxylic acids is 2. The zero-order valence-corrected chi connectivity index (χ0v) is 73.3. The predicted octanol–water partition coefficient (Wildman–Crippen LogP) is 5.86. The number of nitrogens with one attached hydrogen (secondary N) is 11. The third-order valence-corrected chi connectivity index (χ3v) is 22.6. The van der Waals surface area contributed by atoms with Crippen LogP contribution in [0.15, 0.2) is 107 Å². The van der Waals surface area contributed by atoms with Crippen molar-refractivity contribution in [2.45, 2.75) is 153 Å². The first-order valence-electron chi connectivity index (χ1n) is 42.8. The number of unbranched alkanes of at least 4 members (excludes halogenated alkanes) is 1. The molecule has 4 aliphatic heterocycles. The first-order valence-corrected chi connectivity index (χ1v) is 44.3. The number of carbonyl (C=O) groups excluding carboxylic acids is 10. The second kappa shape index (κ2) is 48.5. The molecular weight excluding hydrogens is 1710 g/mol. The number of benzene rings is 4. The fourth-order valence-corrected chi connectivity index (χ4v) is 15.6. The Bertz CT molecular complexity index is 5160. The number of carbonyl (C=O) groups is 12. The number of nitrogens with zero attached hydrogens (tertiary/aromatic N) is 3. The second-order valence-electron chi connectivity index (χ2n) is 31.1. The molecule has 1 saturated heterocycles. The van der Waals surface area contributed by atoms with Gasteiger partial charge < -0.3 is 120 Å². The molecule has 10 rings (SSSR count). The van der Waals surface area contributed by atoms with Gasteiger partial charge in [-0.05, 0) is 123 Å². The number of sulfonamides is 1. The molecule has 1 fully saturated rings. The molecule has 0 saturated carbocycles. The molecule has 0 unspecified atom stereocenters. The van der Waals surface area contributed by atoms with E-state index in [1.165, 1.54) is 82.3 Å². The number of pyridine rings is 2. The Morgan fingerprint density at radius 3 is 1.86 bits per heavy atom. The van der Waals surface area contributed by atoms with E-state index in [0.717, 1.165) is 10.9 Å². The highest BCUT2D eigenvalue weighted by molar-refractivity contribution is 7.92. The number of urea groups is 3. The molecule has 4 aromatic carbocycles. The molecule has 0 spiro atoms. The van der Waals surface area contributed by atoms with Crippen LogP contribution in [0, 0.1) is 11.8 Å². The van der Waals surface area contributed by atoms with Gasteiger partial charge in [0, 0.05) is 96.8 Å². The minimum atomic E-state index is -4.18. The van der Waals surface area contributed by atoms with Gasteiger partial charge in [0.1, 0.15) is 24.7 Å². The number of hydrogen-bond donors (Lipinski definition) is 13. The fourth-order valence-electron chi connectivity index (χ4n) is 14.5. The number of rotatable bonds is 52. The highest BCUT2D eigenvalue weighted by Gasteiger charge is 2.52. The van der Waals surface area contributed by atoms with Crippen molar-refractivity contribution in [2.75, 3.05) is 139 Å². The Kier molecular flexibility index (Phi) is 37.1. The lowest BCUT2D eigenvalue weighted by molar-refractivity contribution is -0.191. The second-order valence-corrected chi connectivity index (χ2v) is 32.8. The van der Waals surface area contributed by atoms with Crippen LogP contribution in [-0.4, -0.2) is 242 Å². The Hall–Kier alpha value is -12.6. The van der Waals surface area contributed by atoms with Gasteiger partial charge in [-0.15, -0.1) is 0 Å². The van der Waals surface area contributed by atoms with Crippen LogP contribution in [0.4, 0.5) is 37.1 Å². The molecule has 4 aliphatic rings. The highest BCUT2D eigenvalue weighted by Crippen LogP contribution is 2.43. The number of amides is 11. The lowest BCUT2D eigenvalue weighted by Gasteiger charge is -2.37. The van der Waals surface area contributed by atoms with Crippen molar-refractivity contribution in [3.05, 3.63) is 130 Å². The van der Waals surface area contributed by atoms with Gasteiger partial charge in [-0.2, -0.15) is 0 Å². The molecule has 11 amide bonds. The number of esters is 2. The first kappa shape index (κ1) is 98.6. The largest absolute Gasteiger partial charge is 0.481 e. The topological polar surface area (TPSA) is 542 Å². The predicted molar refractivity (Wildman–Crippen MR) is 465 cm³/mol. The van der Waals surface area contributed by atoms with E-state index in [4.69, 9.17) is 52.4 Å². The quantitative estimate of drug-likeness (QED) is 0.0157. The van der Waals surface area contributed by atoms with Crippen molar-refractivity contribution in [3.63, 3.8) is 0 Å². The minimum Gasteiger partial charge on any atom is -0.481 e. The molecule has 41 nitrogen and oxygen atoms in total. The number of likely N-dealkylation sites (tertiary alicyclic amines) is 1. The van der Waals surface area contributed by atoms with Gasteiger partial charge in [0.15, 0.2) is 11.5 Å². The highest BCUT2D eigenvalue weighted by atomic mass is 32.2. The molecule has 0 radical (unpaired) electrons. The van der Waals surface area contributed by atoms with Crippen LogP contribution in [-0.2, 0) is 110 Å². The molecule has 0 aliphatic carbocycles. The SMILES string of the molecule is CCCNC(=O)Nc1cccc(S(=O)(=O)Nc2cccc([C@@H](CC(=O)O)NC(=O)Nc3ccc(NC(=O)NCCOCCOCCOCCC(=O)NCCCC[C@H](C)C(=O)NCCOCCOCCOCCC(=O)N[C@@H](CC(=O)O)C(=O)N4CCC[C@H]4C(=O)N[C@H](C(=O)O[C@]4(CC)C(=O)OCc5c4cc4n(c5=O)Cc5cc6cc7c(cc6nc5-4)OCO7)C(C)C)cc3)c2)c1. The number of cyclic esters (lactones) is 1. The van der Waals surface area contributed by atoms with Crippen LogP contribution in [0.5, 0.6) is 11.5 Å². The number of aromatic nitrogens is 2. The van der Waals surface area contributed by atoms with Gasteiger partial charge >= 0.3 is 42.0 Å². The average Bonchev–Trinajstić information content (AvgIpc) is 1.65. The van der Waals surface area contributed by atoms with E-state index in [2.05, 4.69) is 57.9 Å². The van der Waals surface area contributed by atoms with Crippen LogP contribution in [0.25, 0.3) is 22.3 Å². The number of hydrogen-bond acceptors (Lipinski definition) is 26. The molecule has 6 atom stereocenters. The maximum absolute atomic E-state index is 14.4. The molecule has 698 valence electrons. The Morgan fingerprint density at radius 2 is 1.21 bits per heavy atom. The Labute approximate surface area is 743 Å². The van der Waals surface area contributed by atoms with Gasteiger partial charge in [0.25, 0.3) is 15.6 Å². The van der Waals surface area contributed by atoms with E-state index in [9.17, 15) is 81.0 Å². The summed E-state index contributed by atoms with van der Waals surface area (Å²) in [7, 11) is -4.18. The van der Waals surface area contributed by atoms with Crippen molar-refractivity contribution in [1.29, 1.82) is 0 Å². The van der Waals surface area contributed by atoms with Crippen molar-refractivity contribution in [1.82, 2.24) is 51.7 Å². The van der Waals surface area contributed by atoms with Gasteiger partial charge in [-0.1, -0.05) is 59.2 Å². The molecule has 6 heterocycles. The third-order valence-electron chi connectivity index (χ3n) is 21.2. The zero-order chi connectivity index (χ0) is 92.6. The number of ether oxygens (including phenoxy) is 10. The third kappa shape index (κ3) is 28.7. The normalized spacial score (nSPS) is 15.6. The molecule has 0 bridgehead atoms. The van der Waals surface area contributed by atoms with Crippen LogP contribution >= 0.6 is 0 Å². The van der Waals surface area contributed by atoms with E-state index in [1.807, 2.05) is 26.0 Å². The lowest BCUT2D eigenvalue weighted by atomic mass is 9.85. The fraction of sp³-hybridized carbons (Fsp3) is 0.494. The Balaban J connectivity index is 0.505. The molecule has 13 N–H and O–H groups in total. The summed E-state index contributed by atoms with van der Waals surface area (Å²) in [5.41, 5.74) is 1.17. The van der Waals surface area contributed by atoms with Crippen molar-refractivity contribution in [3.8, 4) is 22.9 Å². The van der Waals surface area contributed by atoms with E-state index in [-0.39, 0.29) is 190 Å². The summed E-state index contributed by atoms with van der Waals surface area (Å²) in [6, 6.07) is 17.7. The Morgan fingerprint density at radius 1 is 0.605 bits per heavy atom. The number of carboxylic acid groups (broad SMARTS) is 2. The summed E-state index contributed by atoms with van der Waals surface area (Å²) < 4.78 is 86.7. The summed E-state index contributed by atoms with van der Waals surface area (Å²) >= 11 is 0. The first-order chi connectivity index (χ1) is 62.0. The molecule has 129 heavy (non-hydrogen) atoms. The van der Waals surface area contributed by atoms with E-state index < -0.39 is 124 Å². The lowest BCUT2D eigenvalue weighted by Crippen LogP contribution is -2.57. The summed E-state index contributed by atoms with van der Waals surface area (Å²) in [5, 5.41) is 46.9. The van der Waals surface area contributed by atoms with Crippen LogP contribution in [0.3, 0.4) is 0 Å². The van der Waals surface area contributed by atoms with Crippen LogP contribution in [0.2, 0.25) is 0 Å². The van der Waals surface area contributed by atoms with Gasteiger partial charge in [-0.25, -0.2) is 37.4 Å². The van der Waals surface area contributed by atoms with E-state index in [0.29, 0.717) is 90.5 Å². The molecule has 2 aromatic heterocycles. The van der Waals surface area contributed by atoms with Crippen LogP contribution < -0.4 is 72.9 Å². The van der Waals surface area contributed by atoms with Gasteiger partial charge in [-0.3, -0.25) is 43.1 Å². The number of anilines is 4. The molecular formula is C87H112N14O27S. The summed E-state index contributed by atoms with van der Waals surface area (Å²) in [5.74, 6) is -6.97. The number of aliphatic carboxylic acids is 2. The van der Waals surface area contributed by atoms with Crippen molar-refractivity contribution >= 4 is 115 Å². The standard InChI is InChI=1S/C87H112N14O27S/c1-6-25-90-84(114)94-60-15-11-17-62(45-60)129(117,118)99-61-16-10-14-55(43-61)66(48-74(104)105)97-86(116)93-59-21-19-58(20-22-59)92-85(115)91-28-33-122-37-41-123-38-34-119-30-23-72(102)88-26-9-8-13-54(5)78(108)89-27-32-121-36-40-124-39-35-120-31-24-73(103)95-67(49-75(106)107)81(111)100-29-12-18-68(100)79(109)98-76(53(3)4)82(112)128-87(7-2)64-46-69-77-57(50-101(69)80(110)63(64)51-125-83(87)113)42-56-44-70-71(127-52-126-70)47-65(56)96-77/h10-11,14-17,19-22,42-47,53-54,66-68,76,99H,6-9,12-13,18,23-41,48-52H2,1-5H3,(H,88,102)(H,89,108)(H,95,103)(H,98,109)(H,104,105)(H,106,107)(H2,90,94,114)(H2,91,92,115)(H2,93,97,116)/t54-,66+,67-,68-,76-,87-/m0/s1. The minimum absolute atomic E-state index is 0.0359. The average molecular weight is 1820 g/mol. The maximum atomic E-state index is 14.4. The number of fused-ring (bicyclic) bond motifs is 6. The van der Waals surface area contributed by atoms with Crippen molar-refractivity contribution < 1.29 is 124 Å². The maximum Gasteiger partial charge on any atom is 0.355 e. The van der Waals surface area contributed by atoms with Crippen molar-refractivity contribution in [2.24, 2.45) is 11.8 Å². The summed E-state index contributed by atoms with van der Waals surface area (Å²) in [4.78, 5) is 177. The molecule has 6 aromatic rings. The smallest absolute Gasteiger partial charge is 0.355 e. The van der Waals surface area contributed by atoms with E-state index in [1.54, 1.807) is 32.9 Å². The molecule has 42 heteroatoms.